The van der Waals surface area contributed by atoms with Gasteiger partial charge in [-0.3, -0.25) is 14.3 Å². The SMILES string of the molecule is CN(C(=O)Cn1cc(C(=O)N=C(N)C2(c3ccc(-c4cnc(N)nc4)cc3)CCC2)cn1)C1CCOCC1. The molecule has 0 bridgehead atoms. The first kappa shape index (κ1) is 25.5. The summed E-state index contributed by atoms with van der Waals surface area (Å²) in [5.41, 5.74) is 14.7. The summed E-state index contributed by atoms with van der Waals surface area (Å²) in [5, 5.41) is 4.21. The van der Waals surface area contributed by atoms with Crippen LogP contribution in [0.5, 0.6) is 0 Å². The third-order valence-electron chi connectivity index (χ3n) is 7.67. The summed E-state index contributed by atoms with van der Waals surface area (Å²) < 4.78 is 6.84. The number of amidine groups is 1. The van der Waals surface area contributed by atoms with Gasteiger partial charge in [-0.2, -0.15) is 10.1 Å². The van der Waals surface area contributed by atoms with Crippen molar-refractivity contribution < 1.29 is 14.3 Å². The summed E-state index contributed by atoms with van der Waals surface area (Å²) in [6, 6.07) is 8.15. The van der Waals surface area contributed by atoms with Crippen molar-refractivity contribution in [1.29, 1.82) is 0 Å². The minimum absolute atomic E-state index is 0.0513. The summed E-state index contributed by atoms with van der Waals surface area (Å²) in [6.45, 7) is 1.37. The van der Waals surface area contributed by atoms with E-state index in [0.717, 1.165) is 48.8 Å². The smallest absolute Gasteiger partial charge is 0.281 e. The van der Waals surface area contributed by atoms with Crippen LogP contribution in [0.1, 0.15) is 48.0 Å². The molecule has 38 heavy (non-hydrogen) atoms. The second-order valence-electron chi connectivity index (χ2n) is 9.92. The number of aromatic nitrogens is 4. The largest absolute Gasteiger partial charge is 0.386 e. The van der Waals surface area contributed by atoms with Gasteiger partial charge in [0.05, 0.1) is 17.2 Å². The highest BCUT2D eigenvalue weighted by atomic mass is 16.5. The van der Waals surface area contributed by atoms with Gasteiger partial charge in [-0.1, -0.05) is 30.7 Å². The van der Waals surface area contributed by atoms with Crippen molar-refractivity contribution in [2.24, 2.45) is 10.7 Å². The standard InChI is InChI=1S/C27H32N8O3/c1-34(22-7-11-38-12-8-22)23(36)17-35-16-20(15-32-35)24(37)33-25(28)27(9-2-10-27)21-5-3-18(4-6-21)19-13-30-26(29)31-14-19/h3-6,13-16,22H,2,7-12,17H2,1H3,(H2,28,33,37)(H2,29,30,31). The van der Waals surface area contributed by atoms with E-state index in [1.54, 1.807) is 30.5 Å². The molecule has 0 unspecified atom stereocenters. The second kappa shape index (κ2) is 10.7. The molecular weight excluding hydrogens is 484 g/mol. The minimum atomic E-state index is -0.482. The zero-order valence-electron chi connectivity index (χ0n) is 21.4. The Kier molecular flexibility index (Phi) is 7.19. The molecule has 1 aromatic carbocycles. The Labute approximate surface area is 220 Å². The highest BCUT2D eigenvalue weighted by Crippen LogP contribution is 2.44. The molecule has 1 aliphatic carbocycles. The second-order valence-corrected chi connectivity index (χ2v) is 9.92. The van der Waals surface area contributed by atoms with Crippen molar-refractivity contribution in [3.63, 3.8) is 0 Å². The van der Waals surface area contributed by atoms with E-state index in [1.807, 2.05) is 24.3 Å². The van der Waals surface area contributed by atoms with Gasteiger partial charge in [0.15, 0.2) is 0 Å². The van der Waals surface area contributed by atoms with E-state index in [2.05, 4.69) is 20.1 Å². The van der Waals surface area contributed by atoms with Crippen LogP contribution in [-0.2, 0) is 21.5 Å². The molecule has 0 atom stereocenters. The lowest BCUT2D eigenvalue weighted by Gasteiger charge is -2.41. The average molecular weight is 517 g/mol. The quantitative estimate of drug-likeness (QED) is 0.358. The van der Waals surface area contributed by atoms with Gasteiger partial charge in [-0.25, -0.2) is 9.97 Å². The van der Waals surface area contributed by atoms with Crippen molar-refractivity contribution in [2.75, 3.05) is 26.0 Å². The van der Waals surface area contributed by atoms with Crippen molar-refractivity contribution in [3.8, 4) is 11.1 Å². The van der Waals surface area contributed by atoms with Gasteiger partial charge in [0.25, 0.3) is 5.91 Å². The van der Waals surface area contributed by atoms with Crippen LogP contribution in [0.25, 0.3) is 11.1 Å². The molecule has 2 amide bonds. The van der Waals surface area contributed by atoms with Gasteiger partial charge < -0.3 is 21.1 Å². The van der Waals surface area contributed by atoms with Crippen LogP contribution in [0.4, 0.5) is 5.95 Å². The van der Waals surface area contributed by atoms with E-state index in [-0.39, 0.29) is 24.4 Å². The Balaban J connectivity index is 1.27. The molecule has 5 rings (SSSR count). The van der Waals surface area contributed by atoms with E-state index >= 15 is 0 Å². The van der Waals surface area contributed by atoms with E-state index < -0.39 is 11.3 Å². The summed E-state index contributed by atoms with van der Waals surface area (Å²) in [6.07, 6.45) is 10.6. The van der Waals surface area contributed by atoms with Crippen LogP contribution < -0.4 is 11.5 Å². The number of nitrogens with two attached hydrogens (primary N) is 2. The molecule has 1 saturated carbocycles. The van der Waals surface area contributed by atoms with Crippen LogP contribution >= 0.6 is 0 Å². The fraction of sp³-hybridized carbons (Fsp3) is 0.407. The maximum Gasteiger partial charge on any atom is 0.281 e. The Morgan fingerprint density at radius 3 is 2.42 bits per heavy atom. The third kappa shape index (κ3) is 5.14. The number of likely N-dealkylation sites (N-methyl/N-ethyl adjacent to an activating group) is 1. The topological polar surface area (TPSA) is 155 Å². The van der Waals surface area contributed by atoms with Crippen LogP contribution in [0, 0.1) is 0 Å². The molecule has 198 valence electrons. The van der Waals surface area contributed by atoms with Crippen molar-refractivity contribution >= 4 is 23.6 Å². The number of carbonyl (C=O) groups excluding carboxylic acids is 2. The van der Waals surface area contributed by atoms with Gasteiger partial charge in [0, 0.05) is 50.5 Å². The number of amides is 2. The first-order valence-corrected chi connectivity index (χ1v) is 12.8. The molecule has 2 aromatic heterocycles. The van der Waals surface area contributed by atoms with E-state index in [0.29, 0.717) is 24.6 Å². The fourth-order valence-electron chi connectivity index (χ4n) is 5.06. The van der Waals surface area contributed by atoms with Crippen molar-refractivity contribution in [1.82, 2.24) is 24.6 Å². The van der Waals surface area contributed by atoms with Gasteiger partial charge >= 0.3 is 0 Å². The summed E-state index contributed by atoms with van der Waals surface area (Å²) in [4.78, 5) is 39.8. The number of carbonyl (C=O) groups is 2. The Bertz CT molecular complexity index is 1320. The molecule has 1 aliphatic heterocycles. The van der Waals surface area contributed by atoms with E-state index in [9.17, 15) is 9.59 Å². The number of nitrogens with zero attached hydrogens (tertiary/aromatic N) is 6. The van der Waals surface area contributed by atoms with Crippen LogP contribution in [0.15, 0.2) is 54.0 Å². The molecular formula is C27H32N8O3. The Morgan fingerprint density at radius 1 is 1.11 bits per heavy atom. The number of anilines is 1. The van der Waals surface area contributed by atoms with Crippen LogP contribution in [-0.4, -0.2) is 68.6 Å². The molecule has 0 spiro atoms. The number of aliphatic imine (C=N–C) groups is 1. The van der Waals surface area contributed by atoms with Crippen molar-refractivity contribution in [2.45, 2.75) is 50.1 Å². The highest BCUT2D eigenvalue weighted by Gasteiger charge is 2.43. The number of nitrogen functional groups attached to an aromatic ring is 1. The Hall–Kier alpha value is -4.12. The van der Waals surface area contributed by atoms with Crippen LogP contribution in [0.2, 0.25) is 0 Å². The predicted molar refractivity (Wildman–Crippen MR) is 142 cm³/mol. The number of hydrogen-bond acceptors (Lipinski definition) is 7. The first-order chi connectivity index (χ1) is 18.4. The number of ether oxygens (including phenoxy) is 1. The van der Waals surface area contributed by atoms with Crippen molar-refractivity contribution in [3.05, 3.63) is 60.2 Å². The molecule has 0 radical (unpaired) electrons. The number of rotatable bonds is 7. The lowest BCUT2D eigenvalue weighted by Crippen LogP contribution is -2.47. The highest BCUT2D eigenvalue weighted by molar-refractivity contribution is 6.06. The molecule has 2 fully saturated rings. The maximum absolute atomic E-state index is 13.0. The average Bonchev–Trinajstić information content (AvgIpc) is 3.37. The molecule has 11 nitrogen and oxygen atoms in total. The lowest BCUT2D eigenvalue weighted by atomic mass is 9.63. The molecule has 3 aromatic rings. The number of benzene rings is 1. The number of hydrogen-bond donors (Lipinski definition) is 2. The molecule has 4 N–H and O–H groups in total. The maximum atomic E-state index is 13.0. The lowest BCUT2D eigenvalue weighted by molar-refractivity contribution is -0.134. The minimum Gasteiger partial charge on any atom is -0.386 e. The van der Waals surface area contributed by atoms with Crippen LogP contribution in [0.3, 0.4) is 0 Å². The molecule has 2 aliphatic rings. The molecule has 11 heteroatoms. The predicted octanol–water partition coefficient (Wildman–Crippen LogP) is 2.18. The molecule has 3 heterocycles. The third-order valence-corrected chi connectivity index (χ3v) is 7.67. The fourth-order valence-corrected chi connectivity index (χ4v) is 5.06. The normalized spacial score (nSPS) is 17.6. The van der Waals surface area contributed by atoms with Gasteiger partial charge in [-0.15, -0.1) is 0 Å². The Morgan fingerprint density at radius 2 is 1.79 bits per heavy atom. The van der Waals surface area contributed by atoms with Gasteiger partial charge in [0.2, 0.25) is 11.9 Å². The zero-order chi connectivity index (χ0) is 26.7. The monoisotopic (exact) mass is 516 g/mol. The van der Waals surface area contributed by atoms with E-state index in [4.69, 9.17) is 16.2 Å². The summed E-state index contributed by atoms with van der Waals surface area (Å²) >= 11 is 0. The summed E-state index contributed by atoms with van der Waals surface area (Å²) in [5.74, 6) is -0.0161. The van der Waals surface area contributed by atoms with E-state index in [1.165, 1.54) is 10.9 Å². The van der Waals surface area contributed by atoms with Gasteiger partial charge in [0.1, 0.15) is 12.4 Å². The first-order valence-electron chi connectivity index (χ1n) is 12.8. The van der Waals surface area contributed by atoms with Gasteiger partial charge in [-0.05, 0) is 36.8 Å². The molecule has 1 saturated heterocycles. The summed E-state index contributed by atoms with van der Waals surface area (Å²) in [7, 11) is 1.80. The zero-order valence-corrected chi connectivity index (χ0v) is 21.4.